The van der Waals surface area contributed by atoms with Gasteiger partial charge >= 0.3 is 0 Å². The molecule has 3 heterocycles. The van der Waals surface area contributed by atoms with Crippen molar-refractivity contribution in [1.82, 2.24) is 14.5 Å². The molecule has 1 atom stereocenters. The lowest BCUT2D eigenvalue weighted by Crippen LogP contribution is -2.34. The summed E-state index contributed by atoms with van der Waals surface area (Å²) in [5.74, 6) is 0.137. The molecule has 0 N–H and O–H groups in total. The van der Waals surface area contributed by atoms with Gasteiger partial charge < -0.3 is 4.90 Å². The maximum Gasteiger partial charge on any atom is 0.262 e. The number of thioether (sulfide) groups is 1. The third-order valence-corrected chi connectivity index (χ3v) is 5.65. The molecular formula is C14H17N3O2S2. The molecule has 0 aromatic carbocycles. The molecule has 5 nitrogen and oxygen atoms in total. The van der Waals surface area contributed by atoms with Crippen LogP contribution in [0.1, 0.15) is 19.8 Å². The number of amides is 1. The summed E-state index contributed by atoms with van der Waals surface area (Å²) in [7, 11) is 1.71. The standard InChI is InChI=1S/C14H17N3O2S2/c1-9(12(18)17-6-3-4-7-17)21-14-15-11-10(5-8-20-11)13(19)16(14)2/h5,8-9H,3-4,6-7H2,1-2H3. The Hall–Kier alpha value is -1.34. The third kappa shape index (κ3) is 2.72. The number of thiophene rings is 1. The average Bonchev–Trinajstić information content (AvgIpc) is 3.14. The van der Waals surface area contributed by atoms with Crippen molar-refractivity contribution in [2.75, 3.05) is 13.1 Å². The number of likely N-dealkylation sites (tertiary alicyclic amines) is 1. The molecule has 3 rings (SSSR count). The van der Waals surface area contributed by atoms with E-state index in [2.05, 4.69) is 4.98 Å². The van der Waals surface area contributed by atoms with Crippen LogP contribution < -0.4 is 5.56 Å². The van der Waals surface area contributed by atoms with Crippen LogP contribution in [0, 0.1) is 0 Å². The van der Waals surface area contributed by atoms with E-state index in [0.717, 1.165) is 30.8 Å². The van der Waals surface area contributed by atoms with Gasteiger partial charge in [0.15, 0.2) is 5.16 Å². The van der Waals surface area contributed by atoms with E-state index in [1.54, 1.807) is 13.1 Å². The van der Waals surface area contributed by atoms with E-state index in [-0.39, 0.29) is 16.7 Å². The van der Waals surface area contributed by atoms with Crippen molar-refractivity contribution in [3.8, 4) is 0 Å². The van der Waals surface area contributed by atoms with E-state index < -0.39 is 0 Å². The van der Waals surface area contributed by atoms with E-state index in [4.69, 9.17) is 0 Å². The van der Waals surface area contributed by atoms with Crippen LogP contribution in [0.15, 0.2) is 21.4 Å². The molecule has 1 saturated heterocycles. The first kappa shape index (κ1) is 14.6. The average molecular weight is 323 g/mol. The van der Waals surface area contributed by atoms with Crippen molar-refractivity contribution in [2.45, 2.75) is 30.2 Å². The van der Waals surface area contributed by atoms with E-state index in [9.17, 15) is 9.59 Å². The number of nitrogens with zero attached hydrogens (tertiary/aromatic N) is 3. The fourth-order valence-corrected chi connectivity index (χ4v) is 4.25. The first-order valence-electron chi connectivity index (χ1n) is 6.97. The summed E-state index contributed by atoms with van der Waals surface area (Å²) in [4.78, 5) is 31.7. The van der Waals surface area contributed by atoms with Gasteiger partial charge in [-0.15, -0.1) is 11.3 Å². The van der Waals surface area contributed by atoms with Gasteiger partial charge in [0.1, 0.15) is 4.83 Å². The predicted octanol–water partition coefficient (Wildman–Crippen LogP) is 2.10. The molecule has 0 spiro atoms. The van der Waals surface area contributed by atoms with Gasteiger partial charge in [0.25, 0.3) is 5.56 Å². The van der Waals surface area contributed by atoms with Crippen LogP contribution in [0.2, 0.25) is 0 Å². The Morgan fingerprint density at radius 2 is 2.14 bits per heavy atom. The van der Waals surface area contributed by atoms with Gasteiger partial charge in [0.05, 0.1) is 10.6 Å². The monoisotopic (exact) mass is 323 g/mol. The lowest BCUT2D eigenvalue weighted by atomic mass is 10.4. The van der Waals surface area contributed by atoms with E-state index >= 15 is 0 Å². The highest BCUT2D eigenvalue weighted by Crippen LogP contribution is 2.25. The second-order valence-electron chi connectivity index (χ2n) is 5.19. The summed E-state index contributed by atoms with van der Waals surface area (Å²) in [5.41, 5.74) is -0.0513. The van der Waals surface area contributed by atoms with Crippen molar-refractivity contribution >= 4 is 39.2 Å². The van der Waals surface area contributed by atoms with Crippen LogP contribution >= 0.6 is 23.1 Å². The second-order valence-corrected chi connectivity index (χ2v) is 7.39. The fourth-order valence-electron chi connectivity index (χ4n) is 2.49. The molecule has 1 unspecified atom stereocenters. The van der Waals surface area contributed by atoms with E-state index in [1.165, 1.54) is 27.7 Å². The molecule has 112 valence electrons. The number of carbonyl (C=O) groups excluding carboxylic acids is 1. The Balaban J connectivity index is 1.85. The summed E-state index contributed by atoms with van der Waals surface area (Å²) in [6, 6.07) is 1.79. The van der Waals surface area contributed by atoms with Crippen LogP contribution in [-0.4, -0.2) is 38.7 Å². The van der Waals surface area contributed by atoms with E-state index in [0.29, 0.717) is 10.5 Å². The van der Waals surface area contributed by atoms with Crippen molar-refractivity contribution in [3.63, 3.8) is 0 Å². The van der Waals surface area contributed by atoms with Gasteiger partial charge in [-0.05, 0) is 31.2 Å². The number of carbonyl (C=O) groups is 1. The van der Waals surface area contributed by atoms with E-state index in [1.807, 2.05) is 17.2 Å². The zero-order valence-corrected chi connectivity index (χ0v) is 13.7. The normalized spacial score (nSPS) is 16.6. The zero-order chi connectivity index (χ0) is 15.0. The quantitative estimate of drug-likeness (QED) is 0.641. The Bertz CT molecular complexity index is 731. The number of hydrogen-bond donors (Lipinski definition) is 0. The largest absolute Gasteiger partial charge is 0.342 e. The van der Waals surface area contributed by atoms with Crippen LogP contribution in [0.4, 0.5) is 0 Å². The van der Waals surface area contributed by atoms with Gasteiger partial charge in [0, 0.05) is 20.1 Å². The van der Waals surface area contributed by atoms with Crippen molar-refractivity contribution in [2.24, 2.45) is 7.05 Å². The van der Waals surface area contributed by atoms with Crippen molar-refractivity contribution in [1.29, 1.82) is 0 Å². The van der Waals surface area contributed by atoms with Gasteiger partial charge in [-0.3, -0.25) is 14.2 Å². The minimum Gasteiger partial charge on any atom is -0.342 e. The van der Waals surface area contributed by atoms with Gasteiger partial charge in [0.2, 0.25) is 5.91 Å². The molecule has 1 fully saturated rings. The van der Waals surface area contributed by atoms with Gasteiger partial charge in [-0.1, -0.05) is 11.8 Å². The molecule has 1 amide bonds. The number of aromatic nitrogens is 2. The van der Waals surface area contributed by atoms with Crippen LogP contribution in [0.5, 0.6) is 0 Å². The van der Waals surface area contributed by atoms with Crippen molar-refractivity contribution in [3.05, 3.63) is 21.8 Å². The summed E-state index contributed by atoms with van der Waals surface area (Å²) >= 11 is 2.82. The first-order valence-corrected chi connectivity index (χ1v) is 8.73. The van der Waals surface area contributed by atoms with Gasteiger partial charge in [-0.2, -0.15) is 0 Å². The molecule has 0 radical (unpaired) electrons. The highest BCUT2D eigenvalue weighted by atomic mass is 32.2. The Labute approximate surface area is 131 Å². The summed E-state index contributed by atoms with van der Waals surface area (Å²) in [6.45, 7) is 3.58. The smallest absolute Gasteiger partial charge is 0.262 e. The number of hydrogen-bond acceptors (Lipinski definition) is 5. The maximum absolute atomic E-state index is 12.4. The van der Waals surface area contributed by atoms with Crippen LogP contribution in [0.25, 0.3) is 10.2 Å². The predicted molar refractivity (Wildman–Crippen MR) is 86.0 cm³/mol. The molecular weight excluding hydrogens is 306 g/mol. The molecule has 1 aliphatic rings. The summed E-state index contributed by atoms with van der Waals surface area (Å²) in [6.07, 6.45) is 2.17. The molecule has 7 heteroatoms. The highest BCUT2D eigenvalue weighted by molar-refractivity contribution is 8.00. The van der Waals surface area contributed by atoms with Crippen LogP contribution in [-0.2, 0) is 11.8 Å². The second kappa shape index (κ2) is 5.81. The lowest BCUT2D eigenvalue weighted by molar-refractivity contribution is -0.129. The van der Waals surface area contributed by atoms with Crippen molar-refractivity contribution < 1.29 is 4.79 Å². The lowest BCUT2D eigenvalue weighted by Gasteiger charge is -2.20. The summed E-state index contributed by atoms with van der Waals surface area (Å²) < 4.78 is 1.54. The topological polar surface area (TPSA) is 55.2 Å². The molecule has 0 saturated carbocycles. The fraction of sp³-hybridized carbons (Fsp3) is 0.500. The van der Waals surface area contributed by atoms with Gasteiger partial charge in [-0.25, -0.2) is 4.98 Å². The Morgan fingerprint density at radius 1 is 1.43 bits per heavy atom. The zero-order valence-electron chi connectivity index (χ0n) is 12.0. The Kier molecular flexibility index (Phi) is 4.03. The van der Waals surface area contributed by atoms with Crippen LogP contribution in [0.3, 0.4) is 0 Å². The Morgan fingerprint density at radius 3 is 2.86 bits per heavy atom. The summed E-state index contributed by atoms with van der Waals surface area (Å²) in [5, 5.41) is 2.89. The molecule has 1 aliphatic heterocycles. The molecule has 21 heavy (non-hydrogen) atoms. The minimum atomic E-state index is -0.224. The molecule has 2 aromatic heterocycles. The highest BCUT2D eigenvalue weighted by Gasteiger charge is 2.25. The number of fused-ring (bicyclic) bond motifs is 1. The third-order valence-electron chi connectivity index (χ3n) is 3.71. The molecule has 2 aromatic rings. The maximum atomic E-state index is 12.4. The number of rotatable bonds is 3. The molecule has 0 aliphatic carbocycles. The first-order chi connectivity index (χ1) is 10.1. The SMILES string of the molecule is CC(Sc1nc2sccc2c(=O)n1C)C(=O)N1CCCC1. The molecule has 0 bridgehead atoms. The minimum absolute atomic E-state index is 0.0513.